The van der Waals surface area contributed by atoms with Crippen LogP contribution in [0, 0.1) is 20.8 Å². The summed E-state index contributed by atoms with van der Waals surface area (Å²) >= 11 is 0. The van der Waals surface area contributed by atoms with E-state index in [9.17, 15) is 9.59 Å². The van der Waals surface area contributed by atoms with Gasteiger partial charge in [-0.05, 0) is 76.6 Å². The Balaban J connectivity index is 1.39. The van der Waals surface area contributed by atoms with E-state index in [0.717, 1.165) is 65.9 Å². The van der Waals surface area contributed by atoms with E-state index in [0.29, 0.717) is 29.3 Å². The van der Waals surface area contributed by atoms with Gasteiger partial charge >= 0.3 is 0 Å². The molecule has 39 heavy (non-hydrogen) atoms. The van der Waals surface area contributed by atoms with Gasteiger partial charge in [-0.2, -0.15) is 5.10 Å². The molecular formula is C30H42N6O3. The highest BCUT2D eigenvalue weighted by atomic mass is 16.5. The van der Waals surface area contributed by atoms with Crippen molar-refractivity contribution in [1.82, 2.24) is 25.0 Å². The average molecular weight is 535 g/mol. The molecule has 0 bridgehead atoms. The van der Waals surface area contributed by atoms with Gasteiger partial charge in [-0.15, -0.1) is 0 Å². The number of fused-ring (bicyclic) bond motifs is 1. The first kappa shape index (κ1) is 27.4. The largest absolute Gasteiger partial charge is 0.379 e. The number of ether oxygens (including phenoxy) is 1. The number of nitrogens with zero attached hydrogens (tertiary/aromatic N) is 4. The zero-order chi connectivity index (χ0) is 27.8. The van der Waals surface area contributed by atoms with Crippen molar-refractivity contribution >= 4 is 22.5 Å². The number of likely N-dealkylation sites (tertiary alicyclic amines) is 1. The molecule has 210 valence electrons. The summed E-state index contributed by atoms with van der Waals surface area (Å²) < 4.78 is 7.34. The number of H-pyrrole nitrogens is 1. The Bertz CT molecular complexity index is 1410. The first-order valence-electron chi connectivity index (χ1n) is 14.2. The smallest absolute Gasteiger partial charge is 0.253 e. The van der Waals surface area contributed by atoms with Crippen LogP contribution in [0.5, 0.6) is 0 Å². The zero-order valence-electron chi connectivity index (χ0n) is 24.1. The van der Waals surface area contributed by atoms with E-state index in [2.05, 4.69) is 32.1 Å². The minimum Gasteiger partial charge on any atom is -0.379 e. The van der Waals surface area contributed by atoms with Crippen LogP contribution in [-0.4, -0.2) is 70.5 Å². The number of rotatable bonds is 8. The lowest BCUT2D eigenvalue weighted by Gasteiger charge is -2.47. The van der Waals surface area contributed by atoms with Gasteiger partial charge in [0.1, 0.15) is 0 Å². The molecule has 0 radical (unpaired) electrons. The Morgan fingerprint density at radius 3 is 2.54 bits per heavy atom. The predicted octanol–water partition coefficient (Wildman–Crippen LogP) is 3.58. The average Bonchev–Trinajstić information content (AvgIpc) is 3.27. The number of hydrogen-bond acceptors (Lipinski definition) is 6. The molecule has 2 aliphatic rings. The monoisotopic (exact) mass is 534 g/mol. The number of nitrogens with one attached hydrogen (secondary N) is 2. The van der Waals surface area contributed by atoms with Crippen molar-refractivity contribution in [3.05, 3.63) is 56.6 Å². The molecule has 1 amide bonds. The fourth-order valence-electron chi connectivity index (χ4n) is 6.64. The quantitative estimate of drug-likeness (QED) is 0.459. The first-order chi connectivity index (χ1) is 18.7. The van der Waals surface area contributed by atoms with Crippen LogP contribution in [0.15, 0.2) is 23.1 Å². The summed E-state index contributed by atoms with van der Waals surface area (Å²) in [7, 11) is 3.73. The fourth-order valence-corrected chi connectivity index (χ4v) is 6.64. The number of anilines is 1. The molecule has 2 fully saturated rings. The van der Waals surface area contributed by atoms with Gasteiger partial charge in [0.15, 0.2) is 0 Å². The molecule has 1 aliphatic heterocycles. The van der Waals surface area contributed by atoms with E-state index in [1.807, 2.05) is 50.8 Å². The molecule has 2 N–H and O–H groups in total. The molecule has 5 rings (SSSR count). The Labute approximate surface area is 230 Å². The van der Waals surface area contributed by atoms with Crippen molar-refractivity contribution in [2.45, 2.75) is 78.1 Å². The SMILES string of the molecule is CCN(c1cc(C(=O)NCc2c(C)cc(C)[nH]c2=O)c(C)c2c1cnn2C)C1CCC(N2CC(OC)C2)CC1. The molecule has 0 spiro atoms. The summed E-state index contributed by atoms with van der Waals surface area (Å²) in [5, 5.41) is 8.66. The lowest BCUT2D eigenvalue weighted by Crippen LogP contribution is -2.57. The summed E-state index contributed by atoms with van der Waals surface area (Å²) in [6, 6.07) is 5.02. The number of benzene rings is 1. The minimum absolute atomic E-state index is 0.156. The van der Waals surface area contributed by atoms with Gasteiger partial charge < -0.3 is 19.9 Å². The van der Waals surface area contributed by atoms with Crippen molar-refractivity contribution in [3.8, 4) is 0 Å². The topological polar surface area (TPSA) is 95.5 Å². The van der Waals surface area contributed by atoms with Crippen molar-refractivity contribution in [2.75, 3.05) is 31.6 Å². The van der Waals surface area contributed by atoms with E-state index >= 15 is 0 Å². The van der Waals surface area contributed by atoms with Gasteiger partial charge in [0.25, 0.3) is 11.5 Å². The van der Waals surface area contributed by atoms with Crippen LogP contribution in [-0.2, 0) is 18.3 Å². The van der Waals surface area contributed by atoms with E-state index < -0.39 is 0 Å². The van der Waals surface area contributed by atoms with Gasteiger partial charge in [0, 0.05) is 80.3 Å². The van der Waals surface area contributed by atoms with Crippen LogP contribution in [0.3, 0.4) is 0 Å². The second kappa shape index (κ2) is 11.1. The molecule has 1 saturated heterocycles. The van der Waals surface area contributed by atoms with Crippen molar-refractivity contribution in [2.24, 2.45) is 7.05 Å². The highest BCUT2D eigenvalue weighted by Crippen LogP contribution is 2.37. The zero-order valence-corrected chi connectivity index (χ0v) is 24.1. The molecule has 1 saturated carbocycles. The van der Waals surface area contributed by atoms with Crippen LogP contribution >= 0.6 is 0 Å². The number of methoxy groups -OCH3 is 1. The van der Waals surface area contributed by atoms with Crippen LogP contribution in [0.1, 0.15) is 65.3 Å². The maximum Gasteiger partial charge on any atom is 0.253 e. The highest BCUT2D eigenvalue weighted by molar-refractivity contribution is 6.05. The number of amides is 1. The lowest BCUT2D eigenvalue weighted by molar-refractivity contribution is -0.0578. The molecule has 2 aromatic heterocycles. The summed E-state index contributed by atoms with van der Waals surface area (Å²) in [6.45, 7) is 11.1. The van der Waals surface area contributed by atoms with Crippen molar-refractivity contribution < 1.29 is 9.53 Å². The Morgan fingerprint density at radius 1 is 1.18 bits per heavy atom. The number of hydrogen-bond donors (Lipinski definition) is 2. The molecular weight excluding hydrogens is 492 g/mol. The number of aryl methyl sites for hydroxylation is 4. The second-order valence-electron chi connectivity index (χ2n) is 11.3. The number of carbonyl (C=O) groups is 1. The van der Waals surface area contributed by atoms with E-state index in [1.54, 1.807) is 7.11 Å². The molecule has 9 nitrogen and oxygen atoms in total. The number of carbonyl (C=O) groups excluding carboxylic acids is 1. The maximum atomic E-state index is 13.6. The molecule has 1 aliphatic carbocycles. The summed E-state index contributed by atoms with van der Waals surface area (Å²) in [6.07, 6.45) is 6.92. The molecule has 3 aromatic rings. The summed E-state index contributed by atoms with van der Waals surface area (Å²) in [5.41, 5.74) is 5.67. The molecule has 0 atom stereocenters. The third kappa shape index (κ3) is 5.22. The predicted molar refractivity (Wildman–Crippen MR) is 155 cm³/mol. The van der Waals surface area contributed by atoms with E-state index in [1.165, 1.54) is 12.8 Å². The summed E-state index contributed by atoms with van der Waals surface area (Å²) in [5.74, 6) is -0.179. The van der Waals surface area contributed by atoms with Crippen LogP contribution < -0.4 is 15.8 Å². The van der Waals surface area contributed by atoms with Crippen LogP contribution in [0.4, 0.5) is 5.69 Å². The molecule has 1 aromatic carbocycles. The summed E-state index contributed by atoms with van der Waals surface area (Å²) in [4.78, 5) is 33.9. The second-order valence-corrected chi connectivity index (χ2v) is 11.3. The van der Waals surface area contributed by atoms with Gasteiger partial charge in [-0.25, -0.2) is 0 Å². The van der Waals surface area contributed by atoms with E-state index in [4.69, 9.17) is 4.74 Å². The third-order valence-electron chi connectivity index (χ3n) is 8.90. The van der Waals surface area contributed by atoms with Crippen LogP contribution in [0.25, 0.3) is 10.9 Å². The van der Waals surface area contributed by atoms with Gasteiger partial charge in [0.2, 0.25) is 0 Å². The third-order valence-corrected chi connectivity index (χ3v) is 8.90. The first-order valence-corrected chi connectivity index (χ1v) is 14.2. The highest BCUT2D eigenvalue weighted by Gasteiger charge is 2.36. The van der Waals surface area contributed by atoms with Crippen molar-refractivity contribution in [3.63, 3.8) is 0 Å². The maximum absolute atomic E-state index is 13.6. The van der Waals surface area contributed by atoms with Gasteiger partial charge in [0.05, 0.1) is 17.8 Å². The Morgan fingerprint density at radius 2 is 1.90 bits per heavy atom. The van der Waals surface area contributed by atoms with Crippen LogP contribution in [0.2, 0.25) is 0 Å². The van der Waals surface area contributed by atoms with Gasteiger partial charge in [-0.3, -0.25) is 19.2 Å². The fraction of sp³-hybridized carbons (Fsp3) is 0.567. The standard InChI is InChI=1S/C30H42N6O3/c1-7-36(22-10-8-21(9-11-22)35-16-23(17-35)39-6)27-13-24(20(4)28-26(27)15-32-34(28)5)29(37)31-14-25-18(2)12-19(3)33-30(25)38/h12-13,15,21-23H,7-11,14,16-17H2,1-6H3,(H,31,37)(H,33,38). The Kier molecular flexibility index (Phi) is 7.82. The number of aromatic nitrogens is 3. The van der Waals surface area contributed by atoms with Crippen molar-refractivity contribution in [1.29, 1.82) is 0 Å². The normalized spacial score (nSPS) is 20.3. The number of pyridine rings is 1. The number of aromatic amines is 1. The molecule has 3 heterocycles. The molecule has 0 unspecified atom stereocenters. The lowest BCUT2D eigenvalue weighted by atomic mass is 9.87. The van der Waals surface area contributed by atoms with Gasteiger partial charge in [-0.1, -0.05) is 0 Å². The Hall–Kier alpha value is -3.17. The molecule has 9 heteroatoms. The van der Waals surface area contributed by atoms with E-state index in [-0.39, 0.29) is 18.0 Å². The minimum atomic E-state index is -0.179.